The van der Waals surface area contributed by atoms with Crippen LogP contribution in [0.2, 0.25) is 0 Å². The van der Waals surface area contributed by atoms with E-state index in [0.29, 0.717) is 5.56 Å². The third kappa shape index (κ3) is 4.14. The Morgan fingerprint density at radius 1 is 0.889 bits per heavy atom. The fourth-order valence-electron chi connectivity index (χ4n) is 2.90. The van der Waals surface area contributed by atoms with Crippen LogP contribution in [0.25, 0.3) is 10.8 Å². The lowest BCUT2D eigenvalue weighted by molar-refractivity contribution is -0.125. The van der Waals surface area contributed by atoms with Gasteiger partial charge in [0.1, 0.15) is 5.54 Å². The highest BCUT2D eigenvalue weighted by Gasteiger charge is 2.30. The van der Waals surface area contributed by atoms with Gasteiger partial charge in [-0.3, -0.25) is 9.59 Å². The molecule has 0 saturated heterocycles. The zero-order valence-electron chi connectivity index (χ0n) is 15.6. The molecule has 3 aromatic rings. The third-order valence-electron chi connectivity index (χ3n) is 4.31. The standard InChI is InChI=1S/C22H22N2O2S/c1-22(2,21(26)23-3)24-20(25)19-17-12-8-7-9-15(17)13-14-18(19)27-16-10-5-4-6-11-16/h4-14H,1-3H3,(H,23,26)(H,24,25). The van der Waals surface area contributed by atoms with Gasteiger partial charge in [0.15, 0.2) is 0 Å². The van der Waals surface area contributed by atoms with Gasteiger partial charge in [-0.2, -0.15) is 0 Å². The van der Waals surface area contributed by atoms with E-state index in [1.807, 2.05) is 66.7 Å². The minimum Gasteiger partial charge on any atom is -0.357 e. The summed E-state index contributed by atoms with van der Waals surface area (Å²) in [6.07, 6.45) is 0. The Kier molecular flexibility index (Phi) is 5.51. The van der Waals surface area contributed by atoms with Crippen molar-refractivity contribution in [3.63, 3.8) is 0 Å². The van der Waals surface area contributed by atoms with E-state index in [9.17, 15) is 9.59 Å². The molecule has 4 nitrogen and oxygen atoms in total. The number of rotatable bonds is 5. The minimum atomic E-state index is -1.02. The van der Waals surface area contributed by atoms with Crippen LogP contribution in [0, 0.1) is 0 Å². The van der Waals surface area contributed by atoms with Gasteiger partial charge in [-0.15, -0.1) is 0 Å². The molecular formula is C22H22N2O2S. The van der Waals surface area contributed by atoms with Crippen LogP contribution in [0.4, 0.5) is 0 Å². The molecule has 0 fully saturated rings. The van der Waals surface area contributed by atoms with Crippen LogP contribution in [0.15, 0.2) is 76.5 Å². The topological polar surface area (TPSA) is 58.2 Å². The number of hydrogen-bond acceptors (Lipinski definition) is 3. The molecule has 0 radical (unpaired) electrons. The highest BCUT2D eigenvalue weighted by Crippen LogP contribution is 2.34. The lowest BCUT2D eigenvalue weighted by atomic mass is 10.0. The molecule has 3 aromatic carbocycles. The number of likely N-dealkylation sites (N-methyl/N-ethyl adjacent to an activating group) is 1. The van der Waals surface area contributed by atoms with Crippen molar-refractivity contribution in [1.82, 2.24) is 10.6 Å². The Hall–Kier alpha value is -2.79. The van der Waals surface area contributed by atoms with Crippen LogP contribution in [0.5, 0.6) is 0 Å². The molecule has 2 amide bonds. The molecule has 0 aromatic heterocycles. The summed E-state index contributed by atoms with van der Waals surface area (Å²) in [5.74, 6) is -0.507. The van der Waals surface area contributed by atoms with Crippen molar-refractivity contribution < 1.29 is 9.59 Å². The maximum Gasteiger partial charge on any atom is 0.253 e. The number of nitrogens with one attached hydrogen (secondary N) is 2. The molecule has 3 rings (SSSR count). The van der Waals surface area contributed by atoms with Crippen molar-refractivity contribution in [2.75, 3.05) is 7.05 Å². The van der Waals surface area contributed by atoms with Gasteiger partial charge in [0, 0.05) is 16.8 Å². The smallest absolute Gasteiger partial charge is 0.253 e. The summed E-state index contributed by atoms with van der Waals surface area (Å²) in [6.45, 7) is 3.39. The van der Waals surface area contributed by atoms with Crippen LogP contribution in [0.3, 0.4) is 0 Å². The van der Waals surface area contributed by atoms with Crippen LogP contribution in [-0.2, 0) is 4.79 Å². The summed E-state index contributed by atoms with van der Waals surface area (Å²) >= 11 is 1.54. The highest BCUT2D eigenvalue weighted by atomic mass is 32.2. The molecule has 0 saturated carbocycles. The Morgan fingerprint density at radius 2 is 1.56 bits per heavy atom. The van der Waals surface area contributed by atoms with E-state index in [-0.39, 0.29) is 11.8 Å². The van der Waals surface area contributed by atoms with Crippen molar-refractivity contribution >= 4 is 34.3 Å². The summed E-state index contributed by atoms with van der Waals surface area (Å²) in [7, 11) is 1.56. The van der Waals surface area contributed by atoms with Gasteiger partial charge >= 0.3 is 0 Å². The van der Waals surface area contributed by atoms with Crippen molar-refractivity contribution in [1.29, 1.82) is 0 Å². The summed E-state index contributed by atoms with van der Waals surface area (Å²) in [6, 6.07) is 21.7. The van der Waals surface area contributed by atoms with Gasteiger partial charge in [0.25, 0.3) is 5.91 Å². The van der Waals surface area contributed by atoms with E-state index in [4.69, 9.17) is 0 Å². The van der Waals surface area contributed by atoms with E-state index in [2.05, 4.69) is 10.6 Å². The first-order valence-electron chi connectivity index (χ1n) is 8.72. The Morgan fingerprint density at radius 3 is 2.26 bits per heavy atom. The summed E-state index contributed by atoms with van der Waals surface area (Å²) in [4.78, 5) is 27.2. The Balaban J connectivity index is 2.06. The van der Waals surface area contributed by atoms with Crippen molar-refractivity contribution in [3.05, 3.63) is 72.3 Å². The minimum absolute atomic E-state index is 0.242. The first-order chi connectivity index (χ1) is 12.9. The monoisotopic (exact) mass is 378 g/mol. The van der Waals surface area contributed by atoms with Crippen LogP contribution >= 0.6 is 11.8 Å². The predicted molar refractivity (Wildman–Crippen MR) is 110 cm³/mol. The number of amides is 2. The second-order valence-corrected chi connectivity index (χ2v) is 7.85. The van der Waals surface area contributed by atoms with Gasteiger partial charge < -0.3 is 10.6 Å². The molecule has 0 heterocycles. The van der Waals surface area contributed by atoms with Crippen molar-refractivity contribution in [2.24, 2.45) is 0 Å². The molecular weight excluding hydrogens is 356 g/mol. The Bertz CT molecular complexity index is 984. The molecule has 27 heavy (non-hydrogen) atoms. The number of carbonyl (C=O) groups is 2. The molecule has 0 atom stereocenters. The quantitative estimate of drug-likeness (QED) is 0.698. The number of hydrogen-bond donors (Lipinski definition) is 2. The van der Waals surface area contributed by atoms with Crippen molar-refractivity contribution in [3.8, 4) is 0 Å². The molecule has 2 N–H and O–H groups in total. The Labute approximate surface area is 163 Å². The van der Waals surface area contributed by atoms with E-state index < -0.39 is 5.54 Å². The van der Waals surface area contributed by atoms with E-state index in [0.717, 1.165) is 20.6 Å². The number of benzene rings is 3. The SMILES string of the molecule is CNC(=O)C(C)(C)NC(=O)c1c(Sc2ccccc2)ccc2ccccc12. The van der Waals surface area contributed by atoms with E-state index in [1.54, 1.807) is 20.9 Å². The fraction of sp³-hybridized carbons (Fsp3) is 0.182. The van der Waals surface area contributed by atoms with E-state index in [1.165, 1.54) is 11.8 Å². The summed E-state index contributed by atoms with van der Waals surface area (Å²) < 4.78 is 0. The van der Waals surface area contributed by atoms with Gasteiger partial charge in [0.2, 0.25) is 5.91 Å². The molecule has 138 valence electrons. The first-order valence-corrected chi connectivity index (χ1v) is 9.53. The van der Waals surface area contributed by atoms with Crippen LogP contribution in [-0.4, -0.2) is 24.4 Å². The molecule has 0 spiro atoms. The first kappa shape index (κ1) is 19.0. The molecule has 5 heteroatoms. The lowest BCUT2D eigenvalue weighted by Gasteiger charge is -2.25. The highest BCUT2D eigenvalue weighted by molar-refractivity contribution is 7.99. The van der Waals surface area contributed by atoms with Crippen molar-refractivity contribution in [2.45, 2.75) is 29.2 Å². The zero-order valence-corrected chi connectivity index (χ0v) is 16.4. The summed E-state index contributed by atoms with van der Waals surface area (Å²) in [5, 5.41) is 7.32. The van der Waals surface area contributed by atoms with Gasteiger partial charge in [-0.1, -0.05) is 60.3 Å². The average Bonchev–Trinajstić information content (AvgIpc) is 2.67. The van der Waals surface area contributed by atoms with Crippen LogP contribution < -0.4 is 10.6 Å². The second kappa shape index (κ2) is 7.84. The normalized spacial score (nSPS) is 11.2. The maximum atomic E-state index is 13.2. The molecule has 0 aliphatic rings. The average molecular weight is 378 g/mol. The van der Waals surface area contributed by atoms with Gasteiger partial charge in [-0.25, -0.2) is 0 Å². The fourth-order valence-corrected chi connectivity index (χ4v) is 3.89. The maximum absolute atomic E-state index is 13.2. The summed E-state index contributed by atoms with van der Waals surface area (Å²) in [5.41, 5.74) is -0.434. The number of carbonyl (C=O) groups excluding carboxylic acids is 2. The van der Waals surface area contributed by atoms with E-state index >= 15 is 0 Å². The third-order valence-corrected chi connectivity index (χ3v) is 5.38. The molecule has 0 unspecified atom stereocenters. The second-order valence-electron chi connectivity index (χ2n) is 6.73. The number of fused-ring (bicyclic) bond motifs is 1. The van der Waals surface area contributed by atoms with Gasteiger partial charge in [-0.05, 0) is 42.8 Å². The molecule has 0 aliphatic carbocycles. The van der Waals surface area contributed by atoms with Crippen LogP contribution in [0.1, 0.15) is 24.2 Å². The predicted octanol–water partition coefficient (Wildman–Crippen LogP) is 4.25. The van der Waals surface area contributed by atoms with Gasteiger partial charge in [0.05, 0.1) is 5.56 Å². The molecule has 0 aliphatic heterocycles. The zero-order chi connectivity index (χ0) is 19.4. The largest absolute Gasteiger partial charge is 0.357 e. The molecule has 0 bridgehead atoms. The lowest BCUT2D eigenvalue weighted by Crippen LogP contribution is -2.54.